The Labute approximate surface area is 128 Å². The zero-order chi connectivity index (χ0) is 14.7. The van der Waals surface area contributed by atoms with E-state index >= 15 is 0 Å². The van der Waals surface area contributed by atoms with Gasteiger partial charge in [0.25, 0.3) is 0 Å². The molecule has 1 heterocycles. The molecule has 0 saturated heterocycles. The molecule has 4 heteroatoms. The molecule has 21 heavy (non-hydrogen) atoms. The lowest BCUT2D eigenvalue weighted by Gasteiger charge is -2.19. The summed E-state index contributed by atoms with van der Waals surface area (Å²) < 4.78 is 5.59. The number of rotatable bonds is 4. The third kappa shape index (κ3) is 3.16. The first-order chi connectivity index (χ1) is 10.1. The van der Waals surface area contributed by atoms with Gasteiger partial charge < -0.3 is 4.42 Å². The average molecular weight is 296 g/mol. The lowest BCUT2D eigenvalue weighted by atomic mass is 10.2. The first kappa shape index (κ1) is 13.9. The van der Waals surface area contributed by atoms with Crippen LogP contribution in [0.5, 0.6) is 0 Å². The Bertz CT molecular complexity index is 708. The van der Waals surface area contributed by atoms with E-state index in [1.165, 1.54) is 4.90 Å². The predicted octanol–water partition coefficient (Wildman–Crippen LogP) is 4.76. The van der Waals surface area contributed by atoms with Gasteiger partial charge in [0.1, 0.15) is 0 Å². The van der Waals surface area contributed by atoms with Gasteiger partial charge in [-0.05, 0) is 38.1 Å². The minimum atomic E-state index is -0.276. The molecule has 0 N–H and O–H groups in total. The number of hydrogen-bond donors (Lipinski definition) is 0. The summed E-state index contributed by atoms with van der Waals surface area (Å²) in [6.45, 7) is 4.18. The highest BCUT2D eigenvalue weighted by Gasteiger charge is 2.29. The molecule has 106 valence electrons. The summed E-state index contributed by atoms with van der Waals surface area (Å²) in [4.78, 5) is 1.18. The molecule has 2 aromatic carbocycles. The lowest BCUT2D eigenvalue weighted by molar-refractivity contribution is 0.461. The van der Waals surface area contributed by atoms with E-state index in [4.69, 9.17) is 4.42 Å². The largest absolute Gasteiger partial charge is 0.419 e. The van der Waals surface area contributed by atoms with Crippen molar-refractivity contribution >= 4 is 11.8 Å². The molecule has 0 radical (unpaired) electrons. The molecule has 0 atom stereocenters. The van der Waals surface area contributed by atoms with Crippen molar-refractivity contribution in [2.24, 2.45) is 0 Å². The van der Waals surface area contributed by atoms with Gasteiger partial charge in [-0.2, -0.15) is 0 Å². The fourth-order valence-electron chi connectivity index (χ4n) is 1.99. The molecule has 1 aromatic heterocycles. The van der Waals surface area contributed by atoms with Crippen LogP contribution in [-0.2, 0) is 4.75 Å². The van der Waals surface area contributed by atoms with Crippen molar-refractivity contribution < 1.29 is 4.42 Å². The van der Waals surface area contributed by atoms with E-state index in [1.54, 1.807) is 11.8 Å². The van der Waals surface area contributed by atoms with Gasteiger partial charge in [-0.3, -0.25) is 0 Å². The Morgan fingerprint density at radius 2 is 1.48 bits per heavy atom. The molecule has 0 spiro atoms. The van der Waals surface area contributed by atoms with Gasteiger partial charge >= 0.3 is 0 Å². The maximum absolute atomic E-state index is 5.86. The maximum atomic E-state index is 5.86. The molecule has 0 aliphatic carbocycles. The predicted molar refractivity (Wildman–Crippen MR) is 85.1 cm³/mol. The fraction of sp³-hybridized carbons (Fsp3) is 0.176. The van der Waals surface area contributed by atoms with E-state index in [-0.39, 0.29) is 4.75 Å². The molecule has 3 rings (SSSR count). The molecule has 3 nitrogen and oxygen atoms in total. The van der Waals surface area contributed by atoms with E-state index in [0.29, 0.717) is 11.8 Å². The first-order valence-corrected chi connectivity index (χ1v) is 7.60. The van der Waals surface area contributed by atoms with Crippen molar-refractivity contribution in [2.45, 2.75) is 23.5 Å². The highest BCUT2D eigenvalue weighted by atomic mass is 32.2. The quantitative estimate of drug-likeness (QED) is 0.650. The SMILES string of the molecule is CC(C)(Sc1ccccc1)c1nnc(-c2ccccc2)o1. The summed E-state index contributed by atoms with van der Waals surface area (Å²) in [7, 11) is 0. The van der Waals surface area contributed by atoms with Crippen LogP contribution >= 0.6 is 11.8 Å². The van der Waals surface area contributed by atoms with Gasteiger partial charge in [-0.15, -0.1) is 22.0 Å². The van der Waals surface area contributed by atoms with Crippen LogP contribution in [0.3, 0.4) is 0 Å². The number of nitrogens with zero attached hydrogens (tertiary/aromatic N) is 2. The number of benzene rings is 2. The molecule has 0 amide bonds. The van der Waals surface area contributed by atoms with Crippen LogP contribution in [0.1, 0.15) is 19.7 Å². The zero-order valence-electron chi connectivity index (χ0n) is 12.0. The first-order valence-electron chi connectivity index (χ1n) is 6.79. The smallest absolute Gasteiger partial charge is 0.247 e. The summed E-state index contributed by atoms with van der Waals surface area (Å²) in [6, 6.07) is 20.1. The summed E-state index contributed by atoms with van der Waals surface area (Å²) in [5.41, 5.74) is 0.941. The minimum absolute atomic E-state index is 0.276. The molecular weight excluding hydrogens is 280 g/mol. The molecule has 0 unspecified atom stereocenters. The molecule has 3 aromatic rings. The molecule has 0 saturated carbocycles. The number of aromatic nitrogens is 2. The number of thioether (sulfide) groups is 1. The van der Waals surface area contributed by atoms with Crippen LogP contribution in [0.15, 0.2) is 70.0 Å². The highest BCUT2D eigenvalue weighted by molar-refractivity contribution is 8.00. The van der Waals surface area contributed by atoms with Crippen LogP contribution in [0.4, 0.5) is 0 Å². The molecule has 0 fully saturated rings. The number of hydrogen-bond acceptors (Lipinski definition) is 4. The third-order valence-electron chi connectivity index (χ3n) is 3.08. The van der Waals surface area contributed by atoms with Gasteiger partial charge in [0.15, 0.2) is 0 Å². The van der Waals surface area contributed by atoms with Crippen LogP contribution in [-0.4, -0.2) is 10.2 Å². The van der Waals surface area contributed by atoms with E-state index in [2.05, 4.69) is 36.2 Å². The zero-order valence-corrected chi connectivity index (χ0v) is 12.8. The average Bonchev–Trinajstić information content (AvgIpc) is 2.99. The molecule has 0 aliphatic rings. The summed E-state index contributed by atoms with van der Waals surface area (Å²) in [5.74, 6) is 1.20. The van der Waals surface area contributed by atoms with Gasteiger partial charge in [-0.25, -0.2) is 0 Å². The Morgan fingerprint density at radius 3 is 2.14 bits per heavy atom. The Kier molecular flexibility index (Phi) is 3.80. The topological polar surface area (TPSA) is 38.9 Å². The summed E-state index contributed by atoms with van der Waals surface area (Å²) in [6.07, 6.45) is 0. The second-order valence-electron chi connectivity index (χ2n) is 5.20. The molecule has 0 aliphatic heterocycles. The summed E-state index contributed by atoms with van der Waals surface area (Å²) >= 11 is 1.71. The van der Waals surface area contributed by atoms with Crippen LogP contribution in [0.25, 0.3) is 11.5 Å². The monoisotopic (exact) mass is 296 g/mol. The van der Waals surface area contributed by atoms with Crippen LogP contribution in [0, 0.1) is 0 Å². The van der Waals surface area contributed by atoms with E-state index in [0.717, 1.165) is 5.56 Å². The van der Waals surface area contributed by atoms with E-state index in [9.17, 15) is 0 Å². The fourth-order valence-corrected chi connectivity index (χ4v) is 3.04. The summed E-state index contributed by atoms with van der Waals surface area (Å²) in [5, 5.41) is 8.39. The van der Waals surface area contributed by atoms with Crippen molar-refractivity contribution in [3.63, 3.8) is 0 Å². The van der Waals surface area contributed by atoms with Crippen LogP contribution in [0.2, 0.25) is 0 Å². The van der Waals surface area contributed by atoms with Crippen LogP contribution < -0.4 is 0 Å². The normalized spacial score (nSPS) is 11.5. The second kappa shape index (κ2) is 5.74. The van der Waals surface area contributed by atoms with E-state index < -0.39 is 0 Å². The maximum Gasteiger partial charge on any atom is 0.247 e. The lowest BCUT2D eigenvalue weighted by Crippen LogP contribution is -2.12. The Hall–Kier alpha value is -2.07. The third-order valence-corrected chi connectivity index (χ3v) is 4.27. The van der Waals surface area contributed by atoms with Crippen molar-refractivity contribution in [1.82, 2.24) is 10.2 Å². The van der Waals surface area contributed by atoms with Gasteiger partial charge in [0, 0.05) is 10.5 Å². The van der Waals surface area contributed by atoms with Gasteiger partial charge in [0.2, 0.25) is 11.8 Å². The molecular formula is C17H16N2OS. The second-order valence-corrected chi connectivity index (χ2v) is 6.90. The van der Waals surface area contributed by atoms with Crippen molar-refractivity contribution in [1.29, 1.82) is 0 Å². The minimum Gasteiger partial charge on any atom is -0.419 e. The van der Waals surface area contributed by atoms with Crippen molar-refractivity contribution in [2.75, 3.05) is 0 Å². The van der Waals surface area contributed by atoms with Crippen molar-refractivity contribution in [3.8, 4) is 11.5 Å². The Morgan fingerprint density at radius 1 is 0.857 bits per heavy atom. The van der Waals surface area contributed by atoms with E-state index in [1.807, 2.05) is 48.5 Å². The van der Waals surface area contributed by atoms with Gasteiger partial charge in [0.05, 0.1) is 4.75 Å². The standard InChI is InChI=1S/C17H16N2OS/c1-17(2,21-14-11-7-4-8-12-14)16-19-18-15(20-16)13-9-5-3-6-10-13/h3-12H,1-2H3. The highest BCUT2D eigenvalue weighted by Crippen LogP contribution is 2.40. The Balaban J connectivity index is 1.85. The van der Waals surface area contributed by atoms with Crippen molar-refractivity contribution in [3.05, 3.63) is 66.6 Å². The molecule has 0 bridgehead atoms. The van der Waals surface area contributed by atoms with Gasteiger partial charge in [-0.1, -0.05) is 36.4 Å².